The number of nitrogens with one attached hydrogen (secondary N) is 4. The van der Waals surface area contributed by atoms with Gasteiger partial charge in [-0.1, -0.05) is 6.42 Å². The highest BCUT2D eigenvalue weighted by Crippen LogP contribution is 2.03. The van der Waals surface area contributed by atoms with Crippen molar-refractivity contribution in [3.8, 4) is 0 Å². The fourth-order valence-corrected chi connectivity index (χ4v) is 3.24. The Hall–Kier alpha value is -3.50. The summed E-state index contributed by atoms with van der Waals surface area (Å²) in [6.45, 7) is 1.83. The second-order valence-corrected chi connectivity index (χ2v) is 8.79. The second kappa shape index (κ2) is 23.4. The minimum Gasteiger partial charge on any atom is -0.481 e. The molecule has 0 bridgehead atoms. The maximum absolute atomic E-state index is 12.0. The topological polar surface area (TPSA) is 256 Å². The van der Waals surface area contributed by atoms with Crippen molar-refractivity contribution in [2.45, 2.75) is 69.9 Å². The summed E-state index contributed by atoms with van der Waals surface area (Å²) in [7, 11) is 0. The highest BCUT2D eigenvalue weighted by molar-refractivity contribution is 5.86. The predicted molar refractivity (Wildman–Crippen MR) is 140 cm³/mol. The lowest BCUT2D eigenvalue weighted by Crippen LogP contribution is -2.51. The van der Waals surface area contributed by atoms with Crippen molar-refractivity contribution in [2.24, 2.45) is 5.73 Å². The average molecular weight is 578 g/mol. The number of rotatable bonds is 25. The zero-order chi connectivity index (χ0) is 30.2. The first kappa shape index (κ1) is 36.5. The van der Waals surface area contributed by atoms with Gasteiger partial charge in [-0.05, 0) is 45.1 Å². The summed E-state index contributed by atoms with van der Waals surface area (Å²) in [6.07, 6.45) is 3.01. The molecule has 0 aromatic heterocycles. The molecule has 0 aliphatic heterocycles. The summed E-state index contributed by atoms with van der Waals surface area (Å²) in [5.41, 5.74) is 5.40. The van der Waals surface area contributed by atoms with E-state index in [-0.39, 0.29) is 51.0 Å². The molecule has 0 aliphatic rings. The van der Waals surface area contributed by atoms with Gasteiger partial charge in [0.15, 0.2) is 0 Å². The van der Waals surface area contributed by atoms with Crippen LogP contribution in [-0.2, 0) is 33.4 Å². The minimum atomic E-state index is -1.48. The van der Waals surface area contributed by atoms with E-state index in [2.05, 4.69) is 21.3 Å². The molecule has 16 heteroatoms. The van der Waals surface area contributed by atoms with Crippen LogP contribution in [-0.4, -0.2) is 109 Å². The van der Waals surface area contributed by atoms with Crippen LogP contribution in [0.5, 0.6) is 0 Å². The predicted octanol–water partition coefficient (Wildman–Crippen LogP) is -0.988. The smallest absolute Gasteiger partial charge is 0.326 e. The molecule has 230 valence electrons. The number of urea groups is 1. The highest BCUT2D eigenvalue weighted by Gasteiger charge is 2.24. The minimum absolute atomic E-state index is 0.0219. The number of carbonyl (C=O) groups is 6. The van der Waals surface area contributed by atoms with Crippen LogP contribution in [0, 0.1) is 0 Å². The van der Waals surface area contributed by atoms with Gasteiger partial charge in [0.05, 0.1) is 19.8 Å². The van der Waals surface area contributed by atoms with Crippen LogP contribution in [0.4, 0.5) is 4.79 Å². The van der Waals surface area contributed by atoms with Crippen molar-refractivity contribution >= 4 is 35.8 Å². The first-order valence-corrected chi connectivity index (χ1v) is 13.2. The van der Waals surface area contributed by atoms with Gasteiger partial charge >= 0.3 is 23.9 Å². The number of nitrogens with two attached hydrogens (primary N) is 1. The van der Waals surface area contributed by atoms with Crippen LogP contribution >= 0.6 is 0 Å². The Labute approximate surface area is 232 Å². The van der Waals surface area contributed by atoms with Crippen LogP contribution in [0.25, 0.3) is 0 Å². The van der Waals surface area contributed by atoms with E-state index in [1.165, 1.54) is 0 Å². The number of carboxylic acid groups (broad SMARTS) is 3. The number of carbonyl (C=O) groups excluding carboxylic acids is 3. The molecule has 0 saturated heterocycles. The van der Waals surface area contributed by atoms with E-state index in [9.17, 15) is 33.9 Å². The van der Waals surface area contributed by atoms with Crippen molar-refractivity contribution in [2.75, 3.05) is 46.1 Å². The molecule has 0 rings (SSSR count). The monoisotopic (exact) mass is 577 g/mol. The Morgan fingerprint density at radius 2 is 1.27 bits per heavy atom. The summed E-state index contributed by atoms with van der Waals surface area (Å²) in [6, 6.07) is -3.83. The first-order chi connectivity index (χ1) is 19.1. The van der Waals surface area contributed by atoms with Crippen molar-refractivity contribution in [3.05, 3.63) is 0 Å². The lowest BCUT2D eigenvalue weighted by Gasteiger charge is -2.18. The van der Waals surface area contributed by atoms with Gasteiger partial charge in [0.25, 0.3) is 0 Å². The summed E-state index contributed by atoms with van der Waals surface area (Å²) in [5.74, 6) is -4.40. The molecule has 0 aromatic rings. The molecule has 0 saturated carbocycles. The van der Waals surface area contributed by atoms with E-state index in [0.717, 1.165) is 19.3 Å². The lowest BCUT2D eigenvalue weighted by atomic mass is 10.1. The standard InChI is InChI=1S/C24H43N5O11/c25-10-4-1-2-7-19(30)27-12-13-39-14-15-40-16-20(31)26-11-5-3-6-17(22(34)35)28-24(38)29-18(23(36)37)8-9-21(32)33/h17-18H,1-16,25H2,(H,26,31)(H,27,30)(H,32,33)(H,34,35)(H,36,37)(H2,28,29,38)/t17-,18-/m0/s1. The van der Waals surface area contributed by atoms with Gasteiger partial charge < -0.3 is 51.8 Å². The third-order valence-corrected chi connectivity index (χ3v) is 5.38. The van der Waals surface area contributed by atoms with Gasteiger partial charge in [0.1, 0.15) is 18.7 Å². The molecule has 0 radical (unpaired) electrons. The number of ether oxygens (including phenoxy) is 2. The van der Waals surface area contributed by atoms with E-state index in [4.69, 9.17) is 25.4 Å². The third-order valence-electron chi connectivity index (χ3n) is 5.38. The SMILES string of the molecule is NCCCCCC(=O)NCCOCCOCC(=O)NCCCC[C@H](NC(=O)N[C@@H](CCC(=O)O)C(=O)O)C(=O)O. The molecule has 0 spiro atoms. The molecule has 0 fully saturated rings. The summed E-state index contributed by atoms with van der Waals surface area (Å²) >= 11 is 0. The van der Waals surface area contributed by atoms with Crippen molar-refractivity contribution in [1.82, 2.24) is 21.3 Å². The Bertz CT molecular complexity index is 797. The van der Waals surface area contributed by atoms with Crippen LogP contribution in [0.15, 0.2) is 0 Å². The quantitative estimate of drug-likeness (QED) is 0.0609. The third kappa shape index (κ3) is 21.4. The Balaban J connectivity index is 3.92. The number of hydrogen-bond acceptors (Lipinski definition) is 9. The molecule has 16 nitrogen and oxygen atoms in total. The Morgan fingerprint density at radius 3 is 1.90 bits per heavy atom. The van der Waals surface area contributed by atoms with Crippen molar-refractivity contribution in [3.63, 3.8) is 0 Å². The fraction of sp³-hybridized carbons (Fsp3) is 0.750. The summed E-state index contributed by atoms with van der Waals surface area (Å²) in [4.78, 5) is 68.5. The molecule has 9 N–H and O–H groups in total. The van der Waals surface area contributed by atoms with Crippen molar-refractivity contribution in [1.29, 1.82) is 0 Å². The van der Waals surface area contributed by atoms with Gasteiger partial charge in [-0.15, -0.1) is 0 Å². The normalized spacial score (nSPS) is 12.1. The van der Waals surface area contributed by atoms with Gasteiger partial charge in [0, 0.05) is 25.9 Å². The zero-order valence-electron chi connectivity index (χ0n) is 22.7. The van der Waals surface area contributed by atoms with Gasteiger partial charge in [-0.2, -0.15) is 0 Å². The van der Waals surface area contributed by atoms with Gasteiger partial charge in [-0.25, -0.2) is 14.4 Å². The van der Waals surface area contributed by atoms with E-state index < -0.39 is 42.4 Å². The Kier molecular flexibility index (Phi) is 21.3. The van der Waals surface area contributed by atoms with Gasteiger partial charge in [0.2, 0.25) is 11.8 Å². The maximum Gasteiger partial charge on any atom is 0.326 e. The molecule has 40 heavy (non-hydrogen) atoms. The highest BCUT2D eigenvalue weighted by atomic mass is 16.5. The molecule has 0 aromatic carbocycles. The molecular formula is C24H43N5O11. The van der Waals surface area contributed by atoms with E-state index in [1.54, 1.807) is 0 Å². The largest absolute Gasteiger partial charge is 0.481 e. The van der Waals surface area contributed by atoms with E-state index in [1.807, 2.05) is 0 Å². The summed E-state index contributed by atoms with van der Waals surface area (Å²) in [5, 5.41) is 36.6. The lowest BCUT2D eigenvalue weighted by molar-refractivity contribution is -0.141. The average Bonchev–Trinajstić information content (AvgIpc) is 2.89. The molecule has 0 heterocycles. The number of unbranched alkanes of at least 4 members (excludes halogenated alkanes) is 3. The summed E-state index contributed by atoms with van der Waals surface area (Å²) < 4.78 is 10.5. The molecular weight excluding hydrogens is 534 g/mol. The number of hydrogen-bond donors (Lipinski definition) is 8. The van der Waals surface area contributed by atoms with Crippen LogP contribution in [0.1, 0.15) is 57.8 Å². The van der Waals surface area contributed by atoms with Gasteiger partial charge in [-0.3, -0.25) is 14.4 Å². The van der Waals surface area contributed by atoms with Crippen LogP contribution in [0.2, 0.25) is 0 Å². The van der Waals surface area contributed by atoms with Crippen molar-refractivity contribution < 1.29 is 53.6 Å². The molecule has 2 atom stereocenters. The Morgan fingerprint density at radius 1 is 0.650 bits per heavy atom. The zero-order valence-corrected chi connectivity index (χ0v) is 22.7. The number of amides is 4. The second-order valence-electron chi connectivity index (χ2n) is 8.79. The first-order valence-electron chi connectivity index (χ1n) is 13.2. The molecule has 0 aliphatic carbocycles. The number of carboxylic acids is 3. The fourth-order valence-electron chi connectivity index (χ4n) is 3.24. The van der Waals surface area contributed by atoms with E-state index >= 15 is 0 Å². The molecule has 4 amide bonds. The number of aliphatic carboxylic acids is 3. The molecule has 0 unspecified atom stereocenters. The van der Waals surface area contributed by atoms with Crippen LogP contribution in [0.3, 0.4) is 0 Å². The maximum atomic E-state index is 12.0. The van der Waals surface area contributed by atoms with Crippen LogP contribution < -0.4 is 27.0 Å². The van der Waals surface area contributed by atoms with E-state index in [0.29, 0.717) is 39.0 Å².